The highest BCUT2D eigenvalue weighted by Gasteiger charge is 2.19. The van der Waals surface area contributed by atoms with Crippen LogP contribution in [0.3, 0.4) is 0 Å². The molecule has 4 rings (SSSR count). The lowest BCUT2D eigenvalue weighted by Crippen LogP contribution is -2.28. The van der Waals surface area contributed by atoms with Crippen LogP contribution in [0.2, 0.25) is 0 Å². The van der Waals surface area contributed by atoms with E-state index in [4.69, 9.17) is 0 Å². The van der Waals surface area contributed by atoms with Crippen LogP contribution >= 0.6 is 15.9 Å². The van der Waals surface area contributed by atoms with Crippen molar-refractivity contribution in [3.63, 3.8) is 0 Å². The molecule has 25 heavy (non-hydrogen) atoms. The molecule has 0 aliphatic heterocycles. The number of nitrogens with zero attached hydrogens (tertiary/aromatic N) is 7. The van der Waals surface area contributed by atoms with E-state index in [0.29, 0.717) is 39.6 Å². The van der Waals surface area contributed by atoms with Crippen molar-refractivity contribution in [2.24, 2.45) is 0 Å². The SMILES string of the molecule is CCCCCn1c(=O)n2nc(-c3ccncn3)nc2c2[nH]c(Br)nc21. The van der Waals surface area contributed by atoms with Gasteiger partial charge in [0.05, 0.1) is 0 Å². The molecule has 1 N–H and O–H groups in total. The van der Waals surface area contributed by atoms with Gasteiger partial charge in [-0.1, -0.05) is 19.8 Å². The number of nitrogens with one attached hydrogen (secondary N) is 1. The van der Waals surface area contributed by atoms with Crippen molar-refractivity contribution >= 4 is 32.7 Å². The number of rotatable bonds is 5. The van der Waals surface area contributed by atoms with E-state index < -0.39 is 0 Å². The van der Waals surface area contributed by atoms with Gasteiger partial charge >= 0.3 is 5.69 Å². The summed E-state index contributed by atoms with van der Waals surface area (Å²) in [6.45, 7) is 2.71. The fourth-order valence-corrected chi connectivity index (χ4v) is 3.12. The molecule has 0 spiro atoms. The van der Waals surface area contributed by atoms with Gasteiger partial charge in [-0.2, -0.15) is 4.52 Å². The summed E-state index contributed by atoms with van der Waals surface area (Å²) in [4.78, 5) is 32.9. The standard InChI is InChI=1S/C15H15BrN8O/c1-2-3-4-7-23-12-10(19-14(16)21-12)13-20-11(22-24(13)15(23)25)9-5-6-17-8-18-9/h5-6,8H,2-4,7H2,1H3,(H,19,21). The summed E-state index contributed by atoms with van der Waals surface area (Å²) < 4.78 is 3.49. The molecule has 0 aliphatic carbocycles. The highest BCUT2D eigenvalue weighted by Crippen LogP contribution is 2.20. The second-order valence-electron chi connectivity index (χ2n) is 5.63. The normalized spacial score (nSPS) is 11.6. The minimum Gasteiger partial charge on any atom is -0.328 e. The Balaban J connectivity index is 1.96. The summed E-state index contributed by atoms with van der Waals surface area (Å²) in [6.07, 6.45) is 6.05. The van der Waals surface area contributed by atoms with Crippen molar-refractivity contribution in [3.8, 4) is 11.5 Å². The highest BCUT2D eigenvalue weighted by atomic mass is 79.9. The topological polar surface area (TPSA) is 107 Å². The third-order valence-electron chi connectivity index (χ3n) is 3.95. The van der Waals surface area contributed by atoms with E-state index in [1.54, 1.807) is 16.8 Å². The Morgan fingerprint density at radius 2 is 2.12 bits per heavy atom. The van der Waals surface area contributed by atoms with Gasteiger partial charge in [-0.25, -0.2) is 24.7 Å². The molecule has 4 aromatic heterocycles. The molecule has 0 bridgehead atoms. The van der Waals surface area contributed by atoms with Crippen molar-refractivity contribution in [2.75, 3.05) is 0 Å². The lowest BCUT2D eigenvalue weighted by molar-refractivity contribution is 0.579. The molecule has 0 atom stereocenters. The van der Waals surface area contributed by atoms with E-state index in [-0.39, 0.29) is 5.69 Å². The Labute approximate surface area is 150 Å². The second-order valence-corrected chi connectivity index (χ2v) is 6.38. The number of H-pyrrole nitrogens is 1. The zero-order valence-electron chi connectivity index (χ0n) is 13.5. The third kappa shape index (κ3) is 2.72. The third-order valence-corrected chi connectivity index (χ3v) is 4.33. The maximum Gasteiger partial charge on any atom is 0.352 e. The summed E-state index contributed by atoms with van der Waals surface area (Å²) >= 11 is 3.34. The summed E-state index contributed by atoms with van der Waals surface area (Å²) in [5.74, 6) is 0.373. The average molecular weight is 403 g/mol. The first-order chi connectivity index (χ1) is 12.2. The van der Waals surface area contributed by atoms with Gasteiger partial charge in [-0.3, -0.25) is 4.57 Å². The van der Waals surface area contributed by atoms with Gasteiger partial charge in [0.2, 0.25) is 5.82 Å². The lowest BCUT2D eigenvalue weighted by atomic mass is 10.2. The molecular weight excluding hydrogens is 388 g/mol. The van der Waals surface area contributed by atoms with Gasteiger partial charge in [-0.05, 0) is 28.4 Å². The second kappa shape index (κ2) is 6.36. The van der Waals surface area contributed by atoms with Gasteiger partial charge in [0.25, 0.3) is 0 Å². The Morgan fingerprint density at radius 3 is 2.88 bits per heavy atom. The molecule has 0 aromatic carbocycles. The minimum absolute atomic E-state index is 0.259. The van der Waals surface area contributed by atoms with Crippen LogP contribution in [-0.4, -0.2) is 39.1 Å². The molecule has 0 fully saturated rings. The molecule has 0 amide bonds. The lowest BCUT2D eigenvalue weighted by Gasteiger charge is -2.06. The molecule has 128 valence electrons. The van der Waals surface area contributed by atoms with E-state index in [1.165, 1.54) is 10.8 Å². The molecular formula is C15H15BrN8O. The summed E-state index contributed by atoms with van der Waals surface area (Å²) in [6, 6.07) is 1.70. The van der Waals surface area contributed by atoms with Crippen molar-refractivity contribution < 1.29 is 0 Å². The molecule has 0 unspecified atom stereocenters. The Hall–Kier alpha value is -2.62. The number of unbranched alkanes of at least 4 members (excludes halogenated alkanes) is 2. The number of fused-ring (bicyclic) bond motifs is 3. The number of aromatic amines is 1. The van der Waals surface area contributed by atoms with Gasteiger partial charge in [0.1, 0.15) is 17.5 Å². The molecule has 9 nitrogen and oxygen atoms in total. The maximum atomic E-state index is 12.9. The van der Waals surface area contributed by atoms with Crippen molar-refractivity contribution in [1.29, 1.82) is 0 Å². The first-order valence-electron chi connectivity index (χ1n) is 8.00. The predicted octanol–water partition coefficient (Wildman–Crippen LogP) is 2.18. The largest absolute Gasteiger partial charge is 0.352 e. The monoisotopic (exact) mass is 402 g/mol. The van der Waals surface area contributed by atoms with Crippen LogP contribution in [0.1, 0.15) is 26.2 Å². The molecule has 0 radical (unpaired) electrons. The smallest absolute Gasteiger partial charge is 0.328 e. The van der Waals surface area contributed by atoms with Crippen LogP contribution in [-0.2, 0) is 6.54 Å². The quantitative estimate of drug-likeness (QED) is 0.404. The molecule has 0 aliphatic rings. The van der Waals surface area contributed by atoms with E-state index in [1.807, 2.05) is 0 Å². The highest BCUT2D eigenvalue weighted by molar-refractivity contribution is 9.10. The zero-order chi connectivity index (χ0) is 17.4. The van der Waals surface area contributed by atoms with E-state index in [9.17, 15) is 4.79 Å². The van der Waals surface area contributed by atoms with Crippen LogP contribution in [0.15, 0.2) is 28.1 Å². The van der Waals surface area contributed by atoms with Gasteiger partial charge in [0, 0.05) is 12.7 Å². The molecule has 10 heteroatoms. The van der Waals surface area contributed by atoms with Crippen LogP contribution in [0.5, 0.6) is 0 Å². The average Bonchev–Trinajstić information content (AvgIpc) is 3.22. The molecule has 4 aromatic rings. The number of aryl methyl sites for hydroxylation is 1. The first-order valence-corrected chi connectivity index (χ1v) is 8.79. The van der Waals surface area contributed by atoms with E-state index >= 15 is 0 Å². The molecule has 4 heterocycles. The van der Waals surface area contributed by atoms with Crippen molar-refractivity contribution in [1.82, 2.24) is 39.1 Å². The zero-order valence-corrected chi connectivity index (χ0v) is 15.1. The van der Waals surface area contributed by atoms with Crippen LogP contribution in [0.25, 0.3) is 28.3 Å². The van der Waals surface area contributed by atoms with Crippen LogP contribution in [0, 0.1) is 0 Å². The van der Waals surface area contributed by atoms with Gasteiger partial charge in [0.15, 0.2) is 16.0 Å². The van der Waals surface area contributed by atoms with E-state index in [2.05, 4.69) is 52.9 Å². The molecule has 0 saturated heterocycles. The Bertz CT molecular complexity index is 1100. The summed E-state index contributed by atoms with van der Waals surface area (Å²) in [5, 5.41) is 4.35. The fraction of sp³-hybridized carbons (Fsp3) is 0.333. The Morgan fingerprint density at radius 1 is 1.24 bits per heavy atom. The van der Waals surface area contributed by atoms with E-state index in [0.717, 1.165) is 19.3 Å². The Kier molecular flexibility index (Phi) is 4.04. The number of imidazole rings is 1. The summed E-state index contributed by atoms with van der Waals surface area (Å²) in [7, 11) is 0. The van der Waals surface area contributed by atoms with Crippen molar-refractivity contribution in [2.45, 2.75) is 32.7 Å². The number of hydrogen-bond acceptors (Lipinski definition) is 6. The first kappa shape index (κ1) is 15.9. The van der Waals surface area contributed by atoms with Gasteiger partial charge in [-0.15, -0.1) is 5.10 Å². The minimum atomic E-state index is -0.259. The molecule has 0 saturated carbocycles. The summed E-state index contributed by atoms with van der Waals surface area (Å²) in [5.41, 5.74) is 1.96. The number of aromatic nitrogens is 8. The fourth-order valence-electron chi connectivity index (χ4n) is 2.75. The van der Waals surface area contributed by atoms with Gasteiger partial charge < -0.3 is 4.98 Å². The number of halogens is 1. The predicted molar refractivity (Wildman–Crippen MR) is 95.1 cm³/mol. The number of hydrogen-bond donors (Lipinski definition) is 1. The van der Waals surface area contributed by atoms with Crippen molar-refractivity contribution in [3.05, 3.63) is 33.8 Å². The van der Waals surface area contributed by atoms with Crippen LogP contribution < -0.4 is 5.69 Å². The maximum absolute atomic E-state index is 12.9. The van der Waals surface area contributed by atoms with Crippen LogP contribution in [0.4, 0.5) is 0 Å².